The Hall–Kier alpha value is -3.93. The van der Waals surface area contributed by atoms with Crippen molar-refractivity contribution in [1.29, 1.82) is 0 Å². The fraction of sp³-hybridized carbons (Fsp3) is 0.125. The highest BCUT2D eigenvalue weighted by atomic mass is 16.5. The number of fused-ring (bicyclic) bond motifs is 1. The third kappa shape index (κ3) is 4.38. The van der Waals surface area contributed by atoms with E-state index in [-0.39, 0.29) is 12.5 Å². The van der Waals surface area contributed by atoms with Crippen LogP contribution in [0.25, 0.3) is 22.4 Å². The van der Waals surface area contributed by atoms with Gasteiger partial charge in [-0.25, -0.2) is 9.78 Å². The summed E-state index contributed by atoms with van der Waals surface area (Å²) in [6.45, 7) is 2.01. The largest absolute Gasteiger partial charge is 0.463 e. The van der Waals surface area contributed by atoms with Gasteiger partial charge in [0.05, 0.1) is 17.3 Å². The molecule has 2 aromatic heterocycles. The molecule has 0 atom stereocenters. The van der Waals surface area contributed by atoms with Crippen molar-refractivity contribution >= 4 is 22.8 Å². The van der Waals surface area contributed by atoms with Gasteiger partial charge in [-0.2, -0.15) is 0 Å². The molecule has 0 saturated heterocycles. The van der Waals surface area contributed by atoms with Crippen molar-refractivity contribution in [2.24, 2.45) is 0 Å². The highest BCUT2D eigenvalue weighted by Gasteiger charge is 2.17. The molecule has 6 nitrogen and oxygen atoms in total. The molecule has 1 N–H and O–H groups in total. The second-order valence-corrected chi connectivity index (χ2v) is 6.89. The lowest BCUT2D eigenvalue weighted by atomic mass is 10.1. The lowest BCUT2D eigenvalue weighted by Gasteiger charge is -2.10. The van der Waals surface area contributed by atoms with Gasteiger partial charge >= 0.3 is 5.97 Å². The van der Waals surface area contributed by atoms with E-state index >= 15 is 0 Å². The van der Waals surface area contributed by atoms with Crippen LogP contribution in [0.2, 0.25) is 0 Å². The van der Waals surface area contributed by atoms with E-state index in [2.05, 4.69) is 10.3 Å². The minimum Gasteiger partial charge on any atom is -0.463 e. The van der Waals surface area contributed by atoms with Crippen molar-refractivity contribution < 1.29 is 18.7 Å². The number of benzene rings is 2. The zero-order valence-electron chi connectivity index (χ0n) is 16.4. The molecule has 0 bridgehead atoms. The number of nitrogens with zero attached hydrogens (tertiary/aromatic N) is 1. The maximum absolute atomic E-state index is 12.7. The molecule has 0 aliphatic carbocycles. The van der Waals surface area contributed by atoms with E-state index in [1.165, 1.54) is 0 Å². The zero-order chi connectivity index (χ0) is 20.9. The number of carbonyl (C=O) groups excluding carboxylic acids is 2. The summed E-state index contributed by atoms with van der Waals surface area (Å²) >= 11 is 0. The van der Waals surface area contributed by atoms with Gasteiger partial charge in [0, 0.05) is 11.9 Å². The maximum Gasteiger partial charge on any atom is 0.339 e. The van der Waals surface area contributed by atoms with Gasteiger partial charge < -0.3 is 14.5 Å². The van der Waals surface area contributed by atoms with Crippen LogP contribution in [0.5, 0.6) is 0 Å². The molecular weight excluding hydrogens is 380 g/mol. The third-order valence-corrected chi connectivity index (χ3v) is 4.65. The standard InChI is InChI=1S/C24H20N2O4/c1-16-8-10-17(11-9-16)14-25-23(27)15-30-24(28)19-13-21(22-7-4-12-29-22)26-20-6-3-2-5-18(19)20/h2-13H,14-15H2,1H3,(H,25,27). The molecule has 0 aliphatic rings. The first kappa shape index (κ1) is 19.4. The van der Waals surface area contributed by atoms with E-state index in [1.54, 1.807) is 30.5 Å². The van der Waals surface area contributed by atoms with Crippen LogP contribution in [-0.4, -0.2) is 23.5 Å². The molecule has 1 amide bonds. The Bertz CT molecular complexity index is 1180. The number of carbonyl (C=O) groups is 2. The molecule has 0 spiro atoms. The van der Waals surface area contributed by atoms with Crippen LogP contribution < -0.4 is 5.32 Å². The lowest BCUT2D eigenvalue weighted by molar-refractivity contribution is -0.124. The molecule has 0 unspecified atom stereocenters. The summed E-state index contributed by atoms with van der Waals surface area (Å²) in [4.78, 5) is 29.4. The van der Waals surface area contributed by atoms with Gasteiger partial charge in [0.2, 0.25) is 0 Å². The average Bonchev–Trinajstić information content (AvgIpc) is 3.31. The van der Waals surface area contributed by atoms with Crippen LogP contribution in [0.1, 0.15) is 21.5 Å². The number of nitrogens with one attached hydrogen (secondary N) is 1. The van der Waals surface area contributed by atoms with E-state index in [0.717, 1.165) is 11.1 Å². The fourth-order valence-corrected chi connectivity index (χ4v) is 3.06. The minimum atomic E-state index is -0.591. The van der Waals surface area contributed by atoms with Gasteiger partial charge in [-0.05, 0) is 36.8 Å². The molecule has 6 heteroatoms. The van der Waals surface area contributed by atoms with Crippen LogP contribution in [0, 0.1) is 6.92 Å². The van der Waals surface area contributed by atoms with Crippen molar-refractivity contribution in [3.8, 4) is 11.5 Å². The Morgan fingerprint density at radius 2 is 1.83 bits per heavy atom. The summed E-state index contributed by atoms with van der Waals surface area (Å²) in [6, 6.07) is 20.3. The molecule has 0 fully saturated rings. The van der Waals surface area contributed by atoms with Gasteiger partial charge in [0.15, 0.2) is 12.4 Å². The van der Waals surface area contributed by atoms with E-state index < -0.39 is 5.97 Å². The SMILES string of the molecule is Cc1ccc(CNC(=O)COC(=O)c2cc(-c3ccco3)nc3ccccc23)cc1. The first-order valence-corrected chi connectivity index (χ1v) is 9.53. The van der Waals surface area contributed by atoms with Crippen LogP contribution in [0.4, 0.5) is 0 Å². The second-order valence-electron chi connectivity index (χ2n) is 6.89. The second kappa shape index (κ2) is 8.61. The van der Waals surface area contributed by atoms with Gasteiger partial charge in [0.25, 0.3) is 5.91 Å². The number of hydrogen-bond acceptors (Lipinski definition) is 5. The van der Waals surface area contributed by atoms with Crippen molar-refractivity contribution in [2.45, 2.75) is 13.5 Å². The summed E-state index contributed by atoms with van der Waals surface area (Å²) in [6.07, 6.45) is 1.54. The number of ether oxygens (including phenoxy) is 1. The summed E-state index contributed by atoms with van der Waals surface area (Å²) in [5.74, 6) is -0.411. The van der Waals surface area contributed by atoms with Crippen molar-refractivity contribution in [3.05, 3.63) is 89.7 Å². The number of esters is 1. The van der Waals surface area contributed by atoms with Crippen molar-refractivity contribution in [2.75, 3.05) is 6.61 Å². The smallest absolute Gasteiger partial charge is 0.339 e. The molecule has 0 saturated carbocycles. The van der Waals surface area contributed by atoms with Crippen LogP contribution >= 0.6 is 0 Å². The Kier molecular flexibility index (Phi) is 5.57. The maximum atomic E-state index is 12.7. The topological polar surface area (TPSA) is 81.4 Å². The van der Waals surface area contributed by atoms with Crippen LogP contribution in [0.15, 0.2) is 77.4 Å². The molecule has 2 aromatic carbocycles. The Labute approximate surface area is 173 Å². The van der Waals surface area contributed by atoms with E-state index in [1.807, 2.05) is 49.4 Å². The molecule has 150 valence electrons. The van der Waals surface area contributed by atoms with Crippen molar-refractivity contribution in [1.82, 2.24) is 10.3 Å². The average molecular weight is 400 g/mol. The molecule has 4 rings (SSSR count). The van der Waals surface area contributed by atoms with E-state index in [4.69, 9.17) is 9.15 Å². The van der Waals surface area contributed by atoms with Gasteiger partial charge in [-0.1, -0.05) is 48.0 Å². The molecule has 4 aromatic rings. The summed E-state index contributed by atoms with van der Waals surface area (Å²) in [5.41, 5.74) is 3.62. The van der Waals surface area contributed by atoms with Gasteiger partial charge in [0.1, 0.15) is 5.69 Å². The highest BCUT2D eigenvalue weighted by molar-refractivity contribution is 6.05. The first-order valence-electron chi connectivity index (χ1n) is 9.53. The predicted octanol–water partition coefficient (Wildman–Crippen LogP) is 4.28. The van der Waals surface area contributed by atoms with Crippen LogP contribution in [0.3, 0.4) is 0 Å². The van der Waals surface area contributed by atoms with Gasteiger partial charge in [-0.15, -0.1) is 0 Å². The third-order valence-electron chi connectivity index (χ3n) is 4.65. The number of pyridine rings is 1. The lowest BCUT2D eigenvalue weighted by Crippen LogP contribution is -2.28. The summed E-state index contributed by atoms with van der Waals surface area (Å²) in [7, 11) is 0. The number of aryl methyl sites for hydroxylation is 1. The number of para-hydroxylation sites is 1. The number of furan rings is 1. The summed E-state index contributed by atoms with van der Waals surface area (Å²) < 4.78 is 10.7. The normalized spacial score (nSPS) is 10.7. The number of aromatic nitrogens is 1. The molecule has 30 heavy (non-hydrogen) atoms. The Morgan fingerprint density at radius 3 is 2.60 bits per heavy atom. The highest BCUT2D eigenvalue weighted by Crippen LogP contribution is 2.25. The minimum absolute atomic E-state index is 0.332. The number of amides is 1. The predicted molar refractivity (Wildman–Crippen MR) is 113 cm³/mol. The summed E-state index contributed by atoms with van der Waals surface area (Å²) in [5, 5.41) is 3.40. The zero-order valence-corrected chi connectivity index (χ0v) is 16.4. The van der Waals surface area contributed by atoms with Crippen LogP contribution in [-0.2, 0) is 16.1 Å². The number of rotatable bonds is 6. The fourth-order valence-electron chi connectivity index (χ4n) is 3.06. The monoisotopic (exact) mass is 400 g/mol. The Morgan fingerprint density at radius 1 is 1.03 bits per heavy atom. The Balaban J connectivity index is 1.46. The molecular formula is C24H20N2O4. The van der Waals surface area contributed by atoms with E-state index in [0.29, 0.717) is 34.5 Å². The molecule has 2 heterocycles. The van der Waals surface area contributed by atoms with E-state index in [9.17, 15) is 9.59 Å². The first-order chi connectivity index (χ1) is 14.6. The number of hydrogen-bond donors (Lipinski definition) is 1. The quantitative estimate of drug-likeness (QED) is 0.489. The van der Waals surface area contributed by atoms with Crippen molar-refractivity contribution in [3.63, 3.8) is 0 Å². The molecule has 0 radical (unpaired) electrons. The van der Waals surface area contributed by atoms with Gasteiger partial charge in [-0.3, -0.25) is 4.79 Å². The molecule has 0 aliphatic heterocycles.